The summed E-state index contributed by atoms with van der Waals surface area (Å²) in [5, 5.41) is 4.29. The summed E-state index contributed by atoms with van der Waals surface area (Å²) in [5.74, 6) is -0.143. The molecule has 0 radical (unpaired) electrons. The molecule has 3 aromatic carbocycles. The minimum atomic E-state index is -1.34. The van der Waals surface area contributed by atoms with Gasteiger partial charge in [0.25, 0.3) is 11.5 Å². The van der Waals surface area contributed by atoms with Crippen LogP contribution in [0.5, 0.6) is 5.75 Å². The molecule has 0 aliphatic heterocycles. The number of rotatable bonds is 8. The fourth-order valence-electron chi connectivity index (χ4n) is 4.65. The zero-order chi connectivity index (χ0) is 30.0. The number of aromatic nitrogens is 3. The first-order valence-corrected chi connectivity index (χ1v) is 14.7. The molecule has 10 nitrogen and oxygen atoms in total. The van der Waals surface area contributed by atoms with Crippen molar-refractivity contribution < 1.29 is 14.1 Å². The van der Waals surface area contributed by atoms with E-state index >= 15 is 0 Å². The lowest BCUT2D eigenvalue weighted by atomic mass is 10.1. The highest BCUT2D eigenvalue weighted by Crippen LogP contribution is 2.31. The highest BCUT2D eigenvalue weighted by atomic mass is 35.5. The largest absolute Gasteiger partial charge is 0.593 e. The Bertz CT molecular complexity index is 1850. The van der Waals surface area contributed by atoms with Gasteiger partial charge in [-0.3, -0.25) is 14.2 Å². The number of methoxy groups -OCH3 is 1. The van der Waals surface area contributed by atoms with Crippen LogP contribution in [0.2, 0.25) is 5.02 Å². The van der Waals surface area contributed by atoms with E-state index in [2.05, 4.69) is 20.0 Å². The van der Waals surface area contributed by atoms with E-state index in [0.29, 0.717) is 49.9 Å². The number of ether oxygens (including phenoxy) is 1. The van der Waals surface area contributed by atoms with Gasteiger partial charge in [0.15, 0.2) is 11.5 Å². The summed E-state index contributed by atoms with van der Waals surface area (Å²) in [6, 6.07) is 20.7. The monoisotopic (exact) mass is 602 g/mol. The number of nitrogens with zero attached hydrogens (tertiary/aromatic N) is 3. The molecule has 5 aromatic rings. The fraction of sp³-hybridized carbons (Fsp3) is 0.133. The molecule has 2 heterocycles. The Hall–Kier alpha value is -4.58. The van der Waals surface area contributed by atoms with E-state index in [0.717, 1.165) is 0 Å². The molecule has 214 valence electrons. The summed E-state index contributed by atoms with van der Waals surface area (Å²) in [7, 11) is 1.51. The molecular formula is C30H27ClN6O4S. The zero-order valence-corrected chi connectivity index (χ0v) is 24.5. The number of fused-ring (bicyclic) bond motifs is 1. The van der Waals surface area contributed by atoms with Crippen molar-refractivity contribution in [1.29, 1.82) is 0 Å². The molecule has 0 saturated heterocycles. The normalized spacial score (nSPS) is 12.5. The first kappa shape index (κ1) is 28.9. The van der Waals surface area contributed by atoms with Crippen molar-refractivity contribution in [3.05, 3.63) is 106 Å². The van der Waals surface area contributed by atoms with Gasteiger partial charge in [0.05, 0.1) is 46.8 Å². The van der Waals surface area contributed by atoms with Crippen LogP contribution in [0.25, 0.3) is 27.7 Å². The second-order valence-electron chi connectivity index (χ2n) is 9.40. The highest BCUT2D eigenvalue weighted by molar-refractivity contribution is 7.92. The van der Waals surface area contributed by atoms with E-state index in [1.54, 1.807) is 55.5 Å². The maximum absolute atomic E-state index is 13.7. The average molecular weight is 603 g/mol. The number of hydrogen-bond acceptors (Lipinski definition) is 8. The molecule has 0 saturated carbocycles. The van der Waals surface area contributed by atoms with Crippen LogP contribution < -0.4 is 26.1 Å². The van der Waals surface area contributed by atoms with Crippen LogP contribution in [0.3, 0.4) is 0 Å². The first-order chi connectivity index (χ1) is 20.2. The molecule has 0 bridgehead atoms. The number of nitrogen functional groups attached to an aromatic ring is 1. The van der Waals surface area contributed by atoms with Crippen LogP contribution in [0.1, 0.15) is 29.1 Å². The van der Waals surface area contributed by atoms with Crippen molar-refractivity contribution in [3.8, 4) is 22.7 Å². The number of amides is 1. The van der Waals surface area contributed by atoms with Gasteiger partial charge in [-0.1, -0.05) is 41.9 Å². The van der Waals surface area contributed by atoms with E-state index in [9.17, 15) is 14.1 Å². The number of halogens is 1. The number of anilines is 2. The SMILES string of the molecule is COc1ccc(-c2cnc(N)c(C(=O)N[C@@H](C)c3cc4cccc(Cl)c4c(=O)n3-c3ccccc3)n2)cc1N[S+](C)[O-]. The smallest absolute Gasteiger partial charge is 0.274 e. The summed E-state index contributed by atoms with van der Waals surface area (Å²) < 4.78 is 21.5. The van der Waals surface area contributed by atoms with Crippen molar-refractivity contribution in [2.75, 3.05) is 23.8 Å². The lowest BCUT2D eigenvalue weighted by molar-refractivity contribution is 0.0934. The van der Waals surface area contributed by atoms with Crippen LogP contribution in [-0.2, 0) is 11.4 Å². The van der Waals surface area contributed by atoms with Crippen molar-refractivity contribution in [3.63, 3.8) is 0 Å². The van der Waals surface area contributed by atoms with Gasteiger partial charge in [-0.05, 0) is 54.8 Å². The van der Waals surface area contributed by atoms with Gasteiger partial charge in [0.1, 0.15) is 17.7 Å². The molecule has 4 N–H and O–H groups in total. The Labute approximate surface area is 249 Å². The molecule has 42 heavy (non-hydrogen) atoms. The number of pyridine rings is 1. The Kier molecular flexibility index (Phi) is 8.34. The van der Waals surface area contributed by atoms with Gasteiger partial charge >= 0.3 is 0 Å². The standard InChI is InChI=1S/C30H27ClN6O4S/c1-17(24-15-19-8-7-11-21(31)26(19)30(39)37(24)20-9-5-4-6-10-20)34-29(38)27-28(32)33-16-23(35-27)18-12-13-25(41-2)22(14-18)36-42(3)40/h4-17,36H,1-3H3,(H2,32,33)(H,34,38)/t17-,42?/m0/s1. The number of benzene rings is 3. The number of hydrogen-bond donors (Lipinski definition) is 3. The maximum Gasteiger partial charge on any atom is 0.274 e. The number of nitrogens with one attached hydrogen (secondary N) is 2. The Morgan fingerprint density at radius 1 is 1.12 bits per heavy atom. The third-order valence-corrected chi connectivity index (χ3v) is 7.42. The predicted molar refractivity (Wildman–Crippen MR) is 167 cm³/mol. The van der Waals surface area contributed by atoms with E-state index in [1.165, 1.54) is 24.1 Å². The molecule has 2 atom stereocenters. The lowest BCUT2D eigenvalue weighted by Crippen LogP contribution is -2.33. The third kappa shape index (κ3) is 5.75. The highest BCUT2D eigenvalue weighted by Gasteiger charge is 2.22. The van der Waals surface area contributed by atoms with Gasteiger partial charge in [-0.15, -0.1) is 0 Å². The minimum absolute atomic E-state index is 0.0595. The quantitative estimate of drug-likeness (QED) is 0.213. The Balaban J connectivity index is 1.52. The molecular weight excluding hydrogens is 576 g/mol. The van der Waals surface area contributed by atoms with E-state index in [-0.39, 0.29) is 17.1 Å². The molecule has 5 rings (SSSR count). The predicted octanol–water partition coefficient (Wildman–Crippen LogP) is 4.89. The topological polar surface area (TPSA) is 147 Å². The molecule has 0 aliphatic rings. The summed E-state index contributed by atoms with van der Waals surface area (Å²) in [6.45, 7) is 1.77. The van der Waals surface area contributed by atoms with Crippen LogP contribution in [-0.4, -0.2) is 38.4 Å². The van der Waals surface area contributed by atoms with Crippen molar-refractivity contribution in [1.82, 2.24) is 19.9 Å². The second kappa shape index (κ2) is 12.1. The van der Waals surface area contributed by atoms with Gasteiger partial charge in [-0.25, -0.2) is 14.7 Å². The number of nitrogens with two attached hydrogens (primary N) is 1. The van der Waals surface area contributed by atoms with Crippen molar-refractivity contribution in [2.45, 2.75) is 13.0 Å². The van der Waals surface area contributed by atoms with Crippen molar-refractivity contribution in [2.24, 2.45) is 0 Å². The van der Waals surface area contributed by atoms with Gasteiger partial charge in [0.2, 0.25) is 0 Å². The van der Waals surface area contributed by atoms with E-state index in [4.69, 9.17) is 22.1 Å². The van der Waals surface area contributed by atoms with E-state index < -0.39 is 23.3 Å². The number of carbonyl (C=O) groups excluding carboxylic acids is 1. The van der Waals surface area contributed by atoms with Crippen LogP contribution in [0.4, 0.5) is 11.5 Å². The molecule has 1 unspecified atom stereocenters. The minimum Gasteiger partial charge on any atom is -0.593 e. The first-order valence-electron chi connectivity index (χ1n) is 12.8. The Morgan fingerprint density at radius 3 is 2.60 bits per heavy atom. The van der Waals surface area contributed by atoms with Crippen LogP contribution >= 0.6 is 11.6 Å². The second-order valence-corrected chi connectivity index (χ2v) is 10.9. The number of para-hydroxylation sites is 1. The maximum atomic E-state index is 13.7. The molecule has 0 fully saturated rings. The molecule has 12 heteroatoms. The number of carbonyl (C=O) groups is 1. The Morgan fingerprint density at radius 2 is 1.88 bits per heavy atom. The van der Waals surface area contributed by atoms with Gasteiger partial charge in [0, 0.05) is 16.9 Å². The molecule has 1 amide bonds. The third-order valence-electron chi connectivity index (χ3n) is 6.59. The van der Waals surface area contributed by atoms with Crippen LogP contribution in [0.15, 0.2) is 83.8 Å². The van der Waals surface area contributed by atoms with Crippen molar-refractivity contribution >= 4 is 51.1 Å². The summed E-state index contributed by atoms with van der Waals surface area (Å²) in [5.41, 5.74) is 8.32. The average Bonchev–Trinajstić information content (AvgIpc) is 2.97. The summed E-state index contributed by atoms with van der Waals surface area (Å²) in [4.78, 5) is 35.9. The summed E-state index contributed by atoms with van der Waals surface area (Å²) >= 11 is 5.07. The molecule has 0 spiro atoms. The van der Waals surface area contributed by atoms with Gasteiger partial charge < -0.3 is 20.3 Å². The fourth-order valence-corrected chi connectivity index (χ4v) is 5.38. The van der Waals surface area contributed by atoms with Crippen LogP contribution in [0, 0.1) is 0 Å². The zero-order valence-electron chi connectivity index (χ0n) is 22.9. The van der Waals surface area contributed by atoms with Gasteiger partial charge in [-0.2, -0.15) is 0 Å². The van der Waals surface area contributed by atoms with E-state index in [1.807, 2.05) is 24.3 Å². The lowest BCUT2D eigenvalue weighted by Gasteiger charge is -2.21. The molecule has 0 aliphatic carbocycles. The molecule has 2 aromatic heterocycles. The summed E-state index contributed by atoms with van der Waals surface area (Å²) in [6.07, 6.45) is 2.95.